The molecule has 12 heteroatoms. The normalized spacial score (nSPS) is 22.6. The maximum Gasteiger partial charge on any atom is 0.352 e. The van der Waals surface area contributed by atoms with Gasteiger partial charge in [-0.15, -0.1) is 23.1 Å². The molecule has 0 aliphatic carbocycles. The summed E-state index contributed by atoms with van der Waals surface area (Å²) in [6.07, 6.45) is 3.35. The molecule has 2 atom stereocenters. The van der Waals surface area contributed by atoms with Gasteiger partial charge in [-0.2, -0.15) is 0 Å². The number of oxime groups is 1. The molecule has 1 saturated heterocycles. The number of fused-ring (bicyclic) bond motifs is 1. The molecule has 142 valence electrons. The van der Waals surface area contributed by atoms with Crippen LogP contribution in [0.2, 0.25) is 0 Å². The maximum atomic E-state index is 12.5. The number of β-lactam (4-membered cyclic amide) rings is 1. The van der Waals surface area contributed by atoms with E-state index in [0.717, 1.165) is 16.2 Å². The van der Waals surface area contributed by atoms with Gasteiger partial charge in [0.05, 0.1) is 0 Å². The Kier molecular flexibility index (Phi) is 5.19. The van der Waals surface area contributed by atoms with E-state index in [-0.39, 0.29) is 22.2 Å². The Bertz CT molecular complexity index is 906. The van der Waals surface area contributed by atoms with E-state index >= 15 is 0 Å². The number of nitrogen functional groups attached to an aromatic ring is 1. The molecule has 5 N–H and O–H groups in total. The first-order valence-electron chi connectivity index (χ1n) is 7.67. The van der Waals surface area contributed by atoms with E-state index in [2.05, 4.69) is 15.5 Å². The summed E-state index contributed by atoms with van der Waals surface area (Å²) in [5, 5.41) is 25.1. The Morgan fingerprint density at radius 2 is 2.26 bits per heavy atom. The van der Waals surface area contributed by atoms with Crippen molar-refractivity contribution >= 4 is 51.7 Å². The summed E-state index contributed by atoms with van der Waals surface area (Å²) in [6, 6.07) is -0.934. The lowest BCUT2D eigenvalue weighted by Crippen LogP contribution is -2.71. The van der Waals surface area contributed by atoms with Gasteiger partial charge in [-0.25, -0.2) is 9.78 Å². The molecule has 2 aliphatic rings. The summed E-state index contributed by atoms with van der Waals surface area (Å²) in [7, 11) is 0. The SMILES string of the molecule is C/C=C/C1=C(C(=O)O)N2C(=O)C(NC(=O)/C(=N/O)c3csc(N)n3)[C@H]2SC1. The van der Waals surface area contributed by atoms with E-state index in [0.29, 0.717) is 11.3 Å². The number of aromatic nitrogens is 1. The summed E-state index contributed by atoms with van der Waals surface area (Å²) in [5.41, 5.74) is 5.66. The summed E-state index contributed by atoms with van der Waals surface area (Å²) in [5.74, 6) is -2.17. The van der Waals surface area contributed by atoms with Crippen molar-refractivity contribution in [2.24, 2.45) is 5.16 Å². The Labute approximate surface area is 161 Å². The van der Waals surface area contributed by atoms with Crippen LogP contribution < -0.4 is 11.1 Å². The van der Waals surface area contributed by atoms with Crippen LogP contribution in [0.1, 0.15) is 12.6 Å². The van der Waals surface area contributed by atoms with Crippen molar-refractivity contribution in [2.75, 3.05) is 11.5 Å². The number of hydrogen-bond acceptors (Lipinski definition) is 9. The molecule has 10 nitrogen and oxygen atoms in total. The molecule has 1 unspecified atom stereocenters. The molecule has 2 amide bonds. The van der Waals surface area contributed by atoms with Gasteiger partial charge in [0.1, 0.15) is 22.8 Å². The Morgan fingerprint density at radius 1 is 1.52 bits per heavy atom. The number of anilines is 1. The van der Waals surface area contributed by atoms with Crippen LogP contribution in [0, 0.1) is 0 Å². The molecular formula is C15H15N5O5S2. The average Bonchev–Trinajstić information content (AvgIpc) is 3.05. The number of allylic oxidation sites excluding steroid dienone is 2. The van der Waals surface area contributed by atoms with E-state index in [1.54, 1.807) is 19.1 Å². The number of carbonyl (C=O) groups is 3. The standard InChI is InChI=1S/C15H15N5O5S2/c1-2-3-6-4-26-13-9(12(22)20(13)10(6)14(23)24)18-11(21)8(19-25)7-5-27-15(16)17-7/h2-3,5,9,13,25H,4H2,1H3,(H2,16,17)(H,18,21)(H,23,24)/b3-2+,19-8+/t9?,13-/m1/s1. The van der Waals surface area contributed by atoms with E-state index in [9.17, 15) is 19.5 Å². The van der Waals surface area contributed by atoms with Gasteiger partial charge in [0.15, 0.2) is 10.8 Å². The van der Waals surface area contributed by atoms with Gasteiger partial charge in [0.25, 0.3) is 11.8 Å². The van der Waals surface area contributed by atoms with Gasteiger partial charge in [0.2, 0.25) is 0 Å². The predicted octanol–water partition coefficient (Wildman–Crippen LogP) is 0.218. The van der Waals surface area contributed by atoms with Gasteiger partial charge < -0.3 is 21.4 Å². The minimum atomic E-state index is -1.21. The molecule has 3 heterocycles. The highest BCUT2D eigenvalue weighted by Gasteiger charge is 2.54. The zero-order valence-electron chi connectivity index (χ0n) is 13.9. The van der Waals surface area contributed by atoms with Crippen molar-refractivity contribution in [2.45, 2.75) is 18.3 Å². The minimum absolute atomic E-state index is 0.0823. The lowest BCUT2D eigenvalue weighted by Gasteiger charge is -2.49. The third-order valence-corrected chi connectivity index (χ3v) is 5.91. The van der Waals surface area contributed by atoms with Crippen LogP contribution in [0.25, 0.3) is 0 Å². The largest absolute Gasteiger partial charge is 0.477 e. The third-order valence-electron chi connectivity index (χ3n) is 3.93. The molecule has 0 aromatic carbocycles. The minimum Gasteiger partial charge on any atom is -0.477 e. The monoisotopic (exact) mass is 409 g/mol. The number of nitrogens with zero attached hydrogens (tertiary/aromatic N) is 3. The first kappa shape index (κ1) is 18.9. The maximum absolute atomic E-state index is 12.5. The number of hydrogen-bond donors (Lipinski definition) is 4. The zero-order chi connectivity index (χ0) is 19.7. The molecule has 0 radical (unpaired) electrons. The van der Waals surface area contributed by atoms with Gasteiger partial charge in [-0.05, 0) is 12.5 Å². The quantitative estimate of drug-likeness (QED) is 0.233. The molecular weight excluding hydrogens is 394 g/mol. The second-order valence-electron chi connectivity index (χ2n) is 5.56. The molecule has 0 saturated carbocycles. The Morgan fingerprint density at radius 3 is 2.81 bits per heavy atom. The number of amides is 2. The molecule has 1 aromatic rings. The number of thioether (sulfide) groups is 1. The van der Waals surface area contributed by atoms with Crippen molar-refractivity contribution in [3.63, 3.8) is 0 Å². The third kappa shape index (κ3) is 3.28. The average molecular weight is 409 g/mol. The fourth-order valence-electron chi connectivity index (χ4n) is 2.79. The van der Waals surface area contributed by atoms with E-state index in [1.165, 1.54) is 17.1 Å². The summed E-state index contributed by atoms with van der Waals surface area (Å²) in [4.78, 5) is 41.5. The molecule has 0 bridgehead atoms. The second-order valence-corrected chi connectivity index (χ2v) is 7.55. The van der Waals surface area contributed by atoms with Crippen molar-refractivity contribution < 1.29 is 24.7 Å². The van der Waals surface area contributed by atoms with Gasteiger partial charge in [0, 0.05) is 11.1 Å². The topological polar surface area (TPSA) is 158 Å². The zero-order valence-corrected chi connectivity index (χ0v) is 15.6. The fraction of sp³-hybridized carbons (Fsp3) is 0.267. The van der Waals surface area contributed by atoms with Gasteiger partial charge >= 0.3 is 5.97 Å². The molecule has 2 aliphatic heterocycles. The van der Waals surface area contributed by atoms with Crippen molar-refractivity contribution in [1.82, 2.24) is 15.2 Å². The highest BCUT2D eigenvalue weighted by molar-refractivity contribution is 8.00. The van der Waals surface area contributed by atoms with E-state index < -0.39 is 29.2 Å². The Balaban J connectivity index is 1.79. The number of nitrogens with one attached hydrogen (secondary N) is 1. The number of carboxylic acid groups (broad SMARTS) is 1. The van der Waals surface area contributed by atoms with Crippen molar-refractivity contribution in [3.05, 3.63) is 34.5 Å². The van der Waals surface area contributed by atoms with Gasteiger partial charge in [-0.3, -0.25) is 14.5 Å². The lowest BCUT2D eigenvalue weighted by molar-refractivity contribution is -0.150. The van der Waals surface area contributed by atoms with Crippen LogP contribution in [0.15, 0.2) is 34.0 Å². The second kappa shape index (κ2) is 7.40. The number of carbonyl (C=O) groups excluding carboxylic acids is 2. The highest BCUT2D eigenvalue weighted by atomic mass is 32.2. The van der Waals surface area contributed by atoms with Crippen LogP contribution in [-0.2, 0) is 14.4 Å². The number of rotatable bonds is 5. The predicted molar refractivity (Wildman–Crippen MR) is 99.3 cm³/mol. The van der Waals surface area contributed by atoms with Gasteiger partial charge in [-0.1, -0.05) is 17.3 Å². The summed E-state index contributed by atoms with van der Waals surface area (Å²) < 4.78 is 0. The number of thiazole rings is 1. The first-order valence-corrected chi connectivity index (χ1v) is 9.60. The molecule has 27 heavy (non-hydrogen) atoms. The lowest BCUT2D eigenvalue weighted by atomic mass is 10.0. The summed E-state index contributed by atoms with van der Waals surface area (Å²) >= 11 is 2.41. The molecule has 3 rings (SSSR count). The van der Waals surface area contributed by atoms with Crippen molar-refractivity contribution in [3.8, 4) is 0 Å². The molecule has 0 spiro atoms. The smallest absolute Gasteiger partial charge is 0.352 e. The first-order chi connectivity index (χ1) is 12.9. The van der Waals surface area contributed by atoms with E-state index in [1.807, 2.05) is 0 Å². The van der Waals surface area contributed by atoms with Crippen molar-refractivity contribution in [1.29, 1.82) is 0 Å². The number of aliphatic carboxylic acids is 1. The van der Waals surface area contributed by atoms with Crippen LogP contribution in [0.3, 0.4) is 0 Å². The number of carboxylic acids is 1. The van der Waals surface area contributed by atoms with Crippen LogP contribution in [-0.4, -0.2) is 60.9 Å². The molecule has 1 fully saturated rings. The molecule has 1 aromatic heterocycles. The Hall–Kier alpha value is -2.86. The van der Waals surface area contributed by atoms with Crippen LogP contribution in [0.4, 0.5) is 5.13 Å². The highest BCUT2D eigenvalue weighted by Crippen LogP contribution is 2.40. The summed E-state index contributed by atoms with van der Waals surface area (Å²) in [6.45, 7) is 1.76. The van der Waals surface area contributed by atoms with E-state index in [4.69, 9.17) is 10.9 Å². The van der Waals surface area contributed by atoms with Crippen LogP contribution >= 0.6 is 23.1 Å². The van der Waals surface area contributed by atoms with Crippen LogP contribution in [0.5, 0.6) is 0 Å². The number of nitrogens with two attached hydrogens (primary N) is 1. The fourth-order valence-corrected chi connectivity index (χ4v) is 4.66.